The summed E-state index contributed by atoms with van der Waals surface area (Å²) < 4.78 is 0. The summed E-state index contributed by atoms with van der Waals surface area (Å²) in [6.45, 7) is 5.80. The van der Waals surface area contributed by atoms with Crippen LogP contribution in [0.5, 0.6) is 0 Å². The molecule has 0 unspecified atom stereocenters. The van der Waals surface area contributed by atoms with Crippen molar-refractivity contribution < 1.29 is 4.79 Å². The zero-order chi connectivity index (χ0) is 12.3. The van der Waals surface area contributed by atoms with Gasteiger partial charge in [-0.15, -0.1) is 0 Å². The smallest absolute Gasteiger partial charge is 0.219 e. The number of carbonyl (C=O) groups excluding carboxylic acids is 1. The van der Waals surface area contributed by atoms with Gasteiger partial charge in [-0.1, -0.05) is 6.07 Å². The molecule has 0 aliphatic heterocycles. The summed E-state index contributed by atoms with van der Waals surface area (Å²) in [5, 5.41) is 3.24. The van der Waals surface area contributed by atoms with Crippen molar-refractivity contribution >= 4 is 17.3 Å². The molecule has 0 saturated carbocycles. The first-order chi connectivity index (χ1) is 7.30. The van der Waals surface area contributed by atoms with E-state index in [2.05, 4.69) is 5.32 Å². The number of rotatable bonds is 4. The number of hydrogen-bond donors (Lipinski definition) is 3. The minimum absolute atomic E-state index is 0.279. The largest absolute Gasteiger partial charge is 0.398 e. The molecule has 16 heavy (non-hydrogen) atoms. The monoisotopic (exact) mass is 221 g/mol. The molecule has 0 spiro atoms. The van der Waals surface area contributed by atoms with Gasteiger partial charge in [0.25, 0.3) is 0 Å². The van der Waals surface area contributed by atoms with Crippen LogP contribution in [0, 0.1) is 6.92 Å². The quantitative estimate of drug-likeness (QED) is 0.676. The lowest BCUT2D eigenvalue weighted by Crippen LogP contribution is -2.35. The van der Waals surface area contributed by atoms with Crippen LogP contribution in [0.2, 0.25) is 0 Å². The summed E-state index contributed by atoms with van der Waals surface area (Å²) in [6.07, 6.45) is 0.279. The van der Waals surface area contributed by atoms with Gasteiger partial charge in [0.05, 0.1) is 0 Å². The van der Waals surface area contributed by atoms with Gasteiger partial charge in [0.1, 0.15) is 0 Å². The zero-order valence-electron chi connectivity index (χ0n) is 10.0. The minimum Gasteiger partial charge on any atom is -0.398 e. The third kappa shape index (κ3) is 3.46. The number of nitrogen functional groups attached to an aromatic ring is 1. The van der Waals surface area contributed by atoms with Gasteiger partial charge in [-0.2, -0.15) is 0 Å². The first-order valence-electron chi connectivity index (χ1n) is 5.23. The van der Waals surface area contributed by atoms with E-state index in [1.165, 1.54) is 0 Å². The number of primary amides is 1. The number of anilines is 2. The van der Waals surface area contributed by atoms with E-state index < -0.39 is 0 Å². The van der Waals surface area contributed by atoms with Crippen LogP contribution in [0.3, 0.4) is 0 Å². The second-order valence-electron chi connectivity index (χ2n) is 4.72. The van der Waals surface area contributed by atoms with Crippen molar-refractivity contribution in [1.82, 2.24) is 0 Å². The first kappa shape index (κ1) is 12.4. The number of aryl methyl sites for hydroxylation is 1. The maximum Gasteiger partial charge on any atom is 0.219 e. The second-order valence-corrected chi connectivity index (χ2v) is 4.72. The SMILES string of the molecule is Cc1ccc(NC(C)(C)CC(N)=O)cc1N. The lowest BCUT2D eigenvalue weighted by atomic mass is 9.99. The molecule has 0 saturated heterocycles. The molecule has 0 radical (unpaired) electrons. The van der Waals surface area contributed by atoms with Crippen molar-refractivity contribution in [1.29, 1.82) is 0 Å². The van der Waals surface area contributed by atoms with Crippen molar-refractivity contribution in [3.63, 3.8) is 0 Å². The highest BCUT2D eigenvalue weighted by Crippen LogP contribution is 2.22. The third-order valence-corrected chi connectivity index (χ3v) is 2.38. The van der Waals surface area contributed by atoms with Crippen molar-refractivity contribution in [3.05, 3.63) is 23.8 Å². The molecule has 88 valence electrons. The molecule has 1 rings (SSSR count). The lowest BCUT2D eigenvalue weighted by Gasteiger charge is -2.26. The Balaban J connectivity index is 2.79. The van der Waals surface area contributed by atoms with Crippen molar-refractivity contribution in [2.24, 2.45) is 5.73 Å². The number of nitrogens with two attached hydrogens (primary N) is 2. The summed E-state index contributed by atoms with van der Waals surface area (Å²) in [4.78, 5) is 10.9. The Kier molecular flexibility index (Phi) is 3.42. The Morgan fingerprint density at radius 1 is 1.44 bits per heavy atom. The second kappa shape index (κ2) is 4.43. The summed E-state index contributed by atoms with van der Waals surface area (Å²) in [5.74, 6) is -0.322. The number of benzene rings is 1. The Morgan fingerprint density at radius 2 is 2.06 bits per heavy atom. The van der Waals surface area contributed by atoms with E-state index in [-0.39, 0.29) is 17.9 Å². The molecule has 0 aliphatic carbocycles. The molecule has 0 bridgehead atoms. The van der Waals surface area contributed by atoms with Gasteiger partial charge in [0.2, 0.25) is 5.91 Å². The van der Waals surface area contributed by atoms with Crippen LogP contribution in [-0.2, 0) is 4.79 Å². The highest BCUT2D eigenvalue weighted by molar-refractivity contribution is 5.75. The standard InChI is InChI=1S/C12H19N3O/c1-8-4-5-9(6-10(8)13)15-12(2,3)7-11(14)16/h4-6,15H,7,13H2,1-3H3,(H2,14,16). The average Bonchev–Trinajstić information content (AvgIpc) is 2.08. The molecule has 4 nitrogen and oxygen atoms in total. The van der Waals surface area contributed by atoms with Crippen molar-refractivity contribution in [3.8, 4) is 0 Å². The molecular weight excluding hydrogens is 202 g/mol. The fraction of sp³-hybridized carbons (Fsp3) is 0.417. The summed E-state index contributed by atoms with van der Waals surface area (Å²) in [7, 11) is 0. The van der Waals surface area contributed by atoms with Crippen molar-refractivity contribution in [2.75, 3.05) is 11.1 Å². The van der Waals surface area contributed by atoms with Gasteiger partial charge in [-0.25, -0.2) is 0 Å². The maximum absolute atomic E-state index is 10.9. The fourth-order valence-corrected chi connectivity index (χ4v) is 1.59. The van der Waals surface area contributed by atoms with E-state index >= 15 is 0 Å². The lowest BCUT2D eigenvalue weighted by molar-refractivity contribution is -0.118. The average molecular weight is 221 g/mol. The molecule has 1 amide bonds. The number of hydrogen-bond acceptors (Lipinski definition) is 3. The van der Waals surface area contributed by atoms with Crippen molar-refractivity contribution in [2.45, 2.75) is 32.7 Å². The van der Waals surface area contributed by atoms with E-state index in [1.807, 2.05) is 39.0 Å². The normalized spacial score (nSPS) is 11.2. The molecule has 5 N–H and O–H groups in total. The molecule has 0 aliphatic rings. The maximum atomic E-state index is 10.9. The van der Waals surface area contributed by atoms with Crippen LogP contribution in [0.1, 0.15) is 25.8 Å². The van der Waals surface area contributed by atoms with Gasteiger partial charge in [0.15, 0.2) is 0 Å². The highest BCUT2D eigenvalue weighted by Gasteiger charge is 2.20. The van der Waals surface area contributed by atoms with E-state index in [1.54, 1.807) is 0 Å². The van der Waals surface area contributed by atoms with E-state index in [0.29, 0.717) is 0 Å². The number of amides is 1. The van der Waals surface area contributed by atoms with E-state index in [4.69, 9.17) is 11.5 Å². The Morgan fingerprint density at radius 3 is 2.56 bits per heavy atom. The van der Waals surface area contributed by atoms with E-state index in [0.717, 1.165) is 16.9 Å². The Hall–Kier alpha value is -1.71. The van der Waals surface area contributed by atoms with Gasteiger partial charge >= 0.3 is 0 Å². The third-order valence-electron chi connectivity index (χ3n) is 2.38. The predicted molar refractivity (Wildman–Crippen MR) is 67.1 cm³/mol. The first-order valence-corrected chi connectivity index (χ1v) is 5.23. The molecule has 0 atom stereocenters. The van der Waals surface area contributed by atoms with Gasteiger partial charge in [-0.05, 0) is 38.5 Å². The van der Waals surface area contributed by atoms with Crippen LogP contribution in [-0.4, -0.2) is 11.4 Å². The predicted octanol–water partition coefficient (Wildman–Crippen LogP) is 1.64. The molecule has 1 aromatic carbocycles. The minimum atomic E-state index is -0.368. The van der Waals surface area contributed by atoms with Crippen LogP contribution in [0.25, 0.3) is 0 Å². The summed E-state index contributed by atoms with van der Waals surface area (Å²) >= 11 is 0. The molecule has 0 aromatic heterocycles. The topological polar surface area (TPSA) is 81.1 Å². The molecular formula is C12H19N3O. The number of nitrogens with one attached hydrogen (secondary N) is 1. The fourth-order valence-electron chi connectivity index (χ4n) is 1.59. The van der Waals surface area contributed by atoms with Crippen LogP contribution in [0.4, 0.5) is 11.4 Å². The van der Waals surface area contributed by atoms with Crippen LogP contribution < -0.4 is 16.8 Å². The molecule has 4 heteroatoms. The van der Waals surface area contributed by atoms with Gasteiger partial charge < -0.3 is 16.8 Å². The highest BCUT2D eigenvalue weighted by atomic mass is 16.1. The van der Waals surface area contributed by atoms with Crippen LogP contribution >= 0.6 is 0 Å². The summed E-state index contributed by atoms with van der Waals surface area (Å²) in [5.41, 5.74) is 13.3. The van der Waals surface area contributed by atoms with Crippen LogP contribution in [0.15, 0.2) is 18.2 Å². The zero-order valence-corrected chi connectivity index (χ0v) is 10.0. The Bertz CT molecular complexity index is 399. The van der Waals surface area contributed by atoms with Gasteiger partial charge in [-0.3, -0.25) is 4.79 Å². The van der Waals surface area contributed by atoms with Gasteiger partial charge in [0, 0.05) is 23.3 Å². The Labute approximate surface area is 96.0 Å². The summed E-state index contributed by atoms with van der Waals surface area (Å²) in [6, 6.07) is 5.74. The molecule has 1 aromatic rings. The van der Waals surface area contributed by atoms with E-state index in [9.17, 15) is 4.79 Å². The molecule has 0 heterocycles. The number of carbonyl (C=O) groups is 1. The molecule has 0 fully saturated rings.